The van der Waals surface area contributed by atoms with Gasteiger partial charge in [0, 0.05) is 28.4 Å². The van der Waals surface area contributed by atoms with Crippen molar-refractivity contribution >= 4 is 28.3 Å². The second kappa shape index (κ2) is 7.95. The van der Waals surface area contributed by atoms with Crippen molar-refractivity contribution in [3.8, 4) is 0 Å². The van der Waals surface area contributed by atoms with Gasteiger partial charge in [0.25, 0.3) is 0 Å². The summed E-state index contributed by atoms with van der Waals surface area (Å²) < 4.78 is 15.9. The Bertz CT molecular complexity index is 1270. The molecule has 0 aliphatic rings. The number of hydrogen-bond donors (Lipinski definition) is 1. The zero-order valence-electron chi connectivity index (χ0n) is 16.8. The van der Waals surface area contributed by atoms with Gasteiger partial charge in [-0.05, 0) is 55.3 Å². The van der Waals surface area contributed by atoms with Gasteiger partial charge in [-0.15, -0.1) is 0 Å². The van der Waals surface area contributed by atoms with Crippen LogP contribution in [0.25, 0.3) is 10.9 Å². The molecule has 0 radical (unpaired) electrons. The average Bonchev–Trinajstić information content (AvgIpc) is 3.09. The lowest BCUT2D eigenvalue weighted by Crippen LogP contribution is -2.18. The Balaban J connectivity index is 1.65. The third-order valence-electron chi connectivity index (χ3n) is 5.26. The van der Waals surface area contributed by atoms with E-state index in [9.17, 15) is 14.0 Å². The predicted molar refractivity (Wildman–Crippen MR) is 116 cm³/mol. The van der Waals surface area contributed by atoms with Crippen LogP contribution in [0.15, 0.2) is 72.9 Å². The molecule has 4 nitrogen and oxygen atoms in total. The summed E-state index contributed by atoms with van der Waals surface area (Å²) in [7, 11) is 0. The number of aryl methyl sites for hydroxylation is 2. The molecule has 5 heteroatoms. The molecule has 4 aromatic rings. The lowest BCUT2D eigenvalue weighted by atomic mass is 10.0. The molecule has 1 amide bonds. The zero-order chi connectivity index (χ0) is 21.3. The van der Waals surface area contributed by atoms with E-state index in [0.29, 0.717) is 10.9 Å². The van der Waals surface area contributed by atoms with Crippen molar-refractivity contribution in [1.29, 1.82) is 0 Å². The number of carbonyl (C=O) groups is 2. The van der Waals surface area contributed by atoms with E-state index in [1.165, 1.54) is 12.1 Å². The summed E-state index contributed by atoms with van der Waals surface area (Å²) in [6, 6.07) is 19.0. The molecule has 0 fully saturated rings. The van der Waals surface area contributed by atoms with E-state index in [4.69, 9.17) is 0 Å². The maximum Gasteiger partial charge on any atom is 0.244 e. The molecule has 30 heavy (non-hydrogen) atoms. The number of fused-ring (bicyclic) bond motifs is 1. The van der Waals surface area contributed by atoms with Gasteiger partial charge < -0.3 is 9.88 Å². The maximum absolute atomic E-state index is 14.2. The van der Waals surface area contributed by atoms with Crippen molar-refractivity contribution in [2.24, 2.45) is 0 Å². The summed E-state index contributed by atoms with van der Waals surface area (Å²) in [6.45, 7) is 4.05. The molecule has 0 saturated carbocycles. The van der Waals surface area contributed by atoms with Crippen LogP contribution in [0.3, 0.4) is 0 Å². The number of ketones is 1. The fourth-order valence-corrected chi connectivity index (χ4v) is 3.52. The van der Waals surface area contributed by atoms with Crippen LogP contribution < -0.4 is 5.32 Å². The number of nitrogens with one attached hydrogen (secondary N) is 1. The first-order valence-corrected chi connectivity index (χ1v) is 9.68. The highest BCUT2D eigenvalue weighted by Gasteiger charge is 2.20. The molecule has 0 saturated heterocycles. The summed E-state index contributed by atoms with van der Waals surface area (Å²) in [5, 5.41) is 3.58. The molecule has 0 bridgehead atoms. The minimum absolute atomic E-state index is 0.0139. The normalized spacial score (nSPS) is 10.9. The molecular weight excluding hydrogens is 379 g/mol. The summed E-state index contributed by atoms with van der Waals surface area (Å²) in [5.41, 5.74) is 4.10. The summed E-state index contributed by atoms with van der Waals surface area (Å²) in [6.07, 6.45) is 1.62. The molecule has 0 aliphatic carbocycles. The van der Waals surface area contributed by atoms with Crippen LogP contribution in [-0.2, 0) is 11.3 Å². The third kappa shape index (κ3) is 3.74. The van der Waals surface area contributed by atoms with Gasteiger partial charge in [0.05, 0.1) is 5.56 Å². The Kier molecular flexibility index (Phi) is 5.19. The van der Waals surface area contributed by atoms with Gasteiger partial charge in [0.2, 0.25) is 5.91 Å². The number of nitrogens with zero attached hydrogens (tertiary/aromatic N) is 1. The van der Waals surface area contributed by atoms with Gasteiger partial charge in [-0.2, -0.15) is 0 Å². The van der Waals surface area contributed by atoms with Crippen LogP contribution in [-0.4, -0.2) is 16.3 Å². The quantitative estimate of drug-likeness (QED) is 0.464. The second-order valence-electron chi connectivity index (χ2n) is 7.34. The molecule has 1 aromatic heterocycles. The Labute approximate surface area is 174 Å². The van der Waals surface area contributed by atoms with Gasteiger partial charge in [0.1, 0.15) is 12.4 Å². The first-order valence-electron chi connectivity index (χ1n) is 9.68. The number of carbonyl (C=O) groups excluding carboxylic acids is 2. The number of halogens is 1. The van der Waals surface area contributed by atoms with E-state index >= 15 is 0 Å². The Morgan fingerprint density at radius 1 is 0.900 bits per heavy atom. The highest BCUT2D eigenvalue weighted by molar-refractivity contribution is 6.16. The monoisotopic (exact) mass is 400 g/mol. The van der Waals surface area contributed by atoms with Crippen molar-refractivity contribution in [3.05, 3.63) is 101 Å². The smallest absolute Gasteiger partial charge is 0.244 e. The average molecular weight is 400 g/mol. The number of benzene rings is 3. The molecule has 150 valence electrons. The van der Waals surface area contributed by atoms with E-state index in [1.807, 2.05) is 50.2 Å². The van der Waals surface area contributed by atoms with Crippen molar-refractivity contribution in [2.45, 2.75) is 20.4 Å². The standard InChI is InChI=1S/C25H21FN2O2/c1-16-11-12-18(13-17(16)2)27-24(29)15-28-14-21(19-7-4-6-10-23(19)28)25(30)20-8-3-5-9-22(20)26/h3-14H,15H2,1-2H3,(H,27,29). The highest BCUT2D eigenvalue weighted by Crippen LogP contribution is 2.25. The summed E-state index contributed by atoms with van der Waals surface area (Å²) in [4.78, 5) is 25.6. The van der Waals surface area contributed by atoms with E-state index in [1.54, 1.807) is 29.0 Å². The number of aromatic nitrogens is 1. The molecule has 3 aromatic carbocycles. The Morgan fingerprint density at radius 3 is 2.40 bits per heavy atom. The molecule has 1 heterocycles. The second-order valence-corrected chi connectivity index (χ2v) is 7.34. The van der Waals surface area contributed by atoms with E-state index in [0.717, 1.165) is 22.3 Å². The van der Waals surface area contributed by atoms with Crippen molar-refractivity contribution in [2.75, 3.05) is 5.32 Å². The van der Waals surface area contributed by atoms with E-state index < -0.39 is 11.6 Å². The molecule has 0 aliphatic heterocycles. The first-order chi connectivity index (χ1) is 14.4. The Hall–Kier alpha value is -3.73. The third-order valence-corrected chi connectivity index (χ3v) is 5.26. The highest BCUT2D eigenvalue weighted by atomic mass is 19.1. The topological polar surface area (TPSA) is 51.1 Å². The van der Waals surface area contributed by atoms with Crippen LogP contribution in [0.1, 0.15) is 27.0 Å². The van der Waals surface area contributed by atoms with Crippen LogP contribution in [0.2, 0.25) is 0 Å². The minimum Gasteiger partial charge on any atom is -0.337 e. The van der Waals surface area contributed by atoms with Gasteiger partial charge in [-0.25, -0.2) is 4.39 Å². The van der Waals surface area contributed by atoms with Crippen molar-refractivity contribution in [3.63, 3.8) is 0 Å². The fraction of sp³-hybridized carbons (Fsp3) is 0.120. The molecule has 0 atom stereocenters. The number of hydrogen-bond acceptors (Lipinski definition) is 2. The number of amides is 1. The van der Waals surface area contributed by atoms with Crippen LogP contribution in [0.4, 0.5) is 10.1 Å². The van der Waals surface area contributed by atoms with Crippen LogP contribution in [0, 0.1) is 19.7 Å². The van der Waals surface area contributed by atoms with E-state index in [-0.39, 0.29) is 18.0 Å². The van der Waals surface area contributed by atoms with Crippen LogP contribution >= 0.6 is 0 Å². The van der Waals surface area contributed by atoms with Gasteiger partial charge in [-0.1, -0.05) is 36.4 Å². The molecule has 1 N–H and O–H groups in total. The SMILES string of the molecule is Cc1ccc(NC(=O)Cn2cc(C(=O)c3ccccc3F)c3ccccc32)cc1C. The van der Waals surface area contributed by atoms with Gasteiger partial charge in [-0.3, -0.25) is 9.59 Å². The zero-order valence-corrected chi connectivity index (χ0v) is 16.8. The lowest BCUT2D eigenvalue weighted by Gasteiger charge is -2.09. The van der Waals surface area contributed by atoms with Gasteiger partial charge in [0.15, 0.2) is 5.78 Å². The van der Waals surface area contributed by atoms with E-state index in [2.05, 4.69) is 5.32 Å². The fourth-order valence-electron chi connectivity index (χ4n) is 3.52. The van der Waals surface area contributed by atoms with Crippen molar-refractivity contribution < 1.29 is 14.0 Å². The molecular formula is C25H21FN2O2. The predicted octanol–water partition coefficient (Wildman–Crippen LogP) is 5.27. The molecule has 4 rings (SSSR count). The minimum atomic E-state index is -0.563. The number of para-hydroxylation sites is 1. The Morgan fingerprint density at radius 2 is 1.63 bits per heavy atom. The van der Waals surface area contributed by atoms with Crippen LogP contribution in [0.5, 0.6) is 0 Å². The summed E-state index contributed by atoms with van der Waals surface area (Å²) >= 11 is 0. The van der Waals surface area contributed by atoms with Gasteiger partial charge >= 0.3 is 0 Å². The maximum atomic E-state index is 14.2. The molecule has 0 unspecified atom stereocenters. The van der Waals surface area contributed by atoms with Crippen molar-refractivity contribution in [1.82, 2.24) is 4.57 Å². The largest absolute Gasteiger partial charge is 0.337 e. The molecule has 0 spiro atoms. The first kappa shape index (κ1) is 19.6. The summed E-state index contributed by atoms with van der Waals surface area (Å²) in [5.74, 6) is -1.17. The lowest BCUT2D eigenvalue weighted by molar-refractivity contribution is -0.116. The number of rotatable bonds is 5. The number of anilines is 1.